The van der Waals surface area contributed by atoms with E-state index in [1.165, 1.54) is 39.0 Å². The van der Waals surface area contributed by atoms with Crippen LogP contribution in [-0.4, -0.2) is 24.6 Å². The van der Waals surface area contributed by atoms with Gasteiger partial charge in [0.1, 0.15) is 6.10 Å². The van der Waals surface area contributed by atoms with Crippen LogP contribution in [0.5, 0.6) is 0 Å². The molecule has 0 aromatic carbocycles. The van der Waals surface area contributed by atoms with E-state index in [0.29, 0.717) is 13.0 Å². The maximum Gasteiger partial charge on any atom is 0.305 e. The Morgan fingerprint density at radius 3 is 2.09 bits per heavy atom. The first-order valence-electron chi connectivity index (χ1n) is 9.01. The lowest BCUT2D eigenvalue weighted by Gasteiger charge is -2.16. The van der Waals surface area contributed by atoms with Crippen LogP contribution in [0.4, 0.5) is 0 Å². The molecule has 4 heteroatoms. The maximum absolute atomic E-state index is 11.6. The third kappa shape index (κ3) is 10.6. The topological polar surface area (TPSA) is 52.6 Å². The number of carbonyl (C=O) groups is 2. The zero-order valence-corrected chi connectivity index (χ0v) is 14.1. The Labute approximate surface area is 134 Å². The summed E-state index contributed by atoms with van der Waals surface area (Å²) >= 11 is 0. The monoisotopic (exact) mass is 312 g/mol. The molecule has 0 spiro atoms. The highest BCUT2D eigenvalue weighted by molar-refractivity contribution is 5.69. The summed E-state index contributed by atoms with van der Waals surface area (Å²) < 4.78 is 10.6. The second-order valence-corrected chi connectivity index (χ2v) is 6.31. The van der Waals surface area contributed by atoms with Gasteiger partial charge in [-0.2, -0.15) is 0 Å². The Kier molecular flexibility index (Phi) is 10.8. The van der Waals surface area contributed by atoms with Crippen molar-refractivity contribution in [1.29, 1.82) is 0 Å². The van der Waals surface area contributed by atoms with Gasteiger partial charge in [0, 0.05) is 13.3 Å². The maximum atomic E-state index is 11.6. The predicted octanol–water partition coefficient (Wildman–Crippen LogP) is 4.55. The van der Waals surface area contributed by atoms with Gasteiger partial charge in [-0.05, 0) is 38.5 Å². The van der Waals surface area contributed by atoms with Gasteiger partial charge in [-0.15, -0.1) is 0 Å². The van der Waals surface area contributed by atoms with Crippen LogP contribution in [0.15, 0.2) is 0 Å². The first-order valence-corrected chi connectivity index (χ1v) is 9.01. The van der Waals surface area contributed by atoms with E-state index in [9.17, 15) is 9.59 Å². The quantitative estimate of drug-likeness (QED) is 0.667. The van der Waals surface area contributed by atoms with Crippen molar-refractivity contribution in [1.82, 2.24) is 0 Å². The Bertz CT molecular complexity index is 314. The minimum atomic E-state index is -0.199. The lowest BCUT2D eigenvalue weighted by Crippen LogP contribution is -2.16. The van der Waals surface area contributed by atoms with Crippen molar-refractivity contribution in [2.24, 2.45) is 0 Å². The van der Waals surface area contributed by atoms with Crippen LogP contribution in [0.25, 0.3) is 0 Å². The van der Waals surface area contributed by atoms with Crippen LogP contribution >= 0.6 is 0 Å². The SMILES string of the molecule is CC(=O)OC1CCCCCCCCCCOC(=O)CCCC1. The van der Waals surface area contributed by atoms with Gasteiger partial charge >= 0.3 is 11.9 Å². The number of ether oxygens (including phenoxy) is 2. The molecule has 0 aromatic heterocycles. The summed E-state index contributed by atoms with van der Waals surface area (Å²) in [5, 5.41) is 0. The summed E-state index contributed by atoms with van der Waals surface area (Å²) in [7, 11) is 0. The summed E-state index contributed by atoms with van der Waals surface area (Å²) in [6, 6.07) is 0. The molecule has 0 amide bonds. The fourth-order valence-electron chi connectivity index (χ4n) is 2.93. The predicted molar refractivity (Wildman–Crippen MR) is 86.5 cm³/mol. The molecular formula is C18H32O4. The van der Waals surface area contributed by atoms with Crippen LogP contribution in [-0.2, 0) is 19.1 Å². The molecule has 4 nitrogen and oxygen atoms in total. The van der Waals surface area contributed by atoms with Gasteiger partial charge in [0.15, 0.2) is 0 Å². The van der Waals surface area contributed by atoms with Gasteiger partial charge in [-0.3, -0.25) is 9.59 Å². The van der Waals surface area contributed by atoms with Crippen molar-refractivity contribution in [2.45, 2.75) is 96.5 Å². The third-order valence-electron chi connectivity index (χ3n) is 4.17. The molecule has 22 heavy (non-hydrogen) atoms. The normalized spacial score (nSPS) is 24.0. The summed E-state index contributed by atoms with van der Waals surface area (Å²) in [5.74, 6) is -0.288. The van der Waals surface area contributed by atoms with E-state index >= 15 is 0 Å². The molecule has 0 aliphatic carbocycles. The van der Waals surface area contributed by atoms with Crippen LogP contribution in [0.1, 0.15) is 90.4 Å². The van der Waals surface area contributed by atoms with E-state index in [1.54, 1.807) is 0 Å². The highest BCUT2D eigenvalue weighted by Crippen LogP contribution is 2.17. The Morgan fingerprint density at radius 1 is 0.909 bits per heavy atom. The van der Waals surface area contributed by atoms with Crippen molar-refractivity contribution >= 4 is 11.9 Å². The Hall–Kier alpha value is -1.06. The highest BCUT2D eigenvalue weighted by atomic mass is 16.5. The standard InChI is InChI=1S/C18H32O4/c1-16(19)22-17-12-8-6-4-2-3-5-7-11-15-21-18(20)14-10-9-13-17/h17H,2-15H2,1H3. The number of hydrogen-bond acceptors (Lipinski definition) is 4. The number of rotatable bonds is 1. The van der Waals surface area contributed by atoms with Gasteiger partial charge in [0.25, 0.3) is 0 Å². The van der Waals surface area contributed by atoms with E-state index in [1.807, 2.05) is 0 Å². The van der Waals surface area contributed by atoms with Gasteiger partial charge in [-0.25, -0.2) is 0 Å². The molecule has 0 aromatic rings. The van der Waals surface area contributed by atoms with Crippen molar-refractivity contribution < 1.29 is 19.1 Å². The second kappa shape index (κ2) is 12.5. The number of carbonyl (C=O) groups excluding carboxylic acids is 2. The molecule has 1 saturated heterocycles. The van der Waals surface area contributed by atoms with Crippen molar-refractivity contribution in [3.63, 3.8) is 0 Å². The minimum absolute atomic E-state index is 0.0178. The van der Waals surface area contributed by atoms with Crippen molar-refractivity contribution in [3.05, 3.63) is 0 Å². The van der Waals surface area contributed by atoms with Crippen molar-refractivity contribution in [2.75, 3.05) is 6.61 Å². The molecule has 1 atom stereocenters. The molecule has 1 aliphatic heterocycles. The van der Waals surface area contributed by atoms with Crippen LogP contribution in [0, 0.1) is 0 Å². The number of cyclic esters (lactones) is 1. The smallest absolute Gasteiger partial charge is 0.305 e. The largest absolute Gasteiger partial charge is 0.466 e. The molecule has 0 saturated carbocycles. The highest BCUT2D eigenvalue weighted by Gasteiger charge is 2.12. The molecule has 1 unspecified atom stereocenters. The molecule has 1 rings (SSSR count). The van der Waals surface area contributed by atoms with Crippen LogP contribution in [0.3, 0.4) is 0 Å². The molecule has 0 radical (unpaired) electrons. The first-order chi connectivity index (χ1) is 10.7. The summed E-state index contributed by atoms with van der Waals surface area (Å²) in [6.45, 7) is 2.04. The molecule has 128 valence electrons. The lowest BCUT2D eigenvalue weighted by molar-refractivity contribution is -0.147. The summed E-state index contributed by atoms with van der Waals surface area (Å²) in [5.41, 5.74) is 0. The Morgan fingerprint density at radius 2 is 1.45 bits per heavy atom. The molecule has 0 bridgehead atoms. The fraction of sp³-hybridized carbons (Fsp3) is 0.889. The Balaban J connectivity index is 2.35. The van der Waals surface area contributed by atoms with Crippen LogP contribution < -0.4 is 0 Å². The lowest BCUT2D eigenvalue weighted by atomic mass is 10.0. The van der Waals surface area contributed by atoms with Gasteiger partial charge in [0.2, 0.25) is 0 Å². The molecule has 1 heterocycles. The van der Waals surface area contributed by atoms with Gasteiger partial charge < -0.3 is 9.47 Å². The van der Waals surface area contributed by atoms with Crippen molar-refractivity contribution in [3.8, 4) is 0 Å². The third-order valence-corrected chi connectivity index (χ3v) is 4.17. The van der Waals surface area contributed by atoms with E-state index in [-0.39, 0.29) is 18.0 Å². The van der Waals surface area contributed by atoms with E-state index in [0.717, 1.165) is 44.9 Å². The fourth-order valence-corrected chi connectivity index (χ4v) is 2.93. The minimum Gasteiger partial charge on any atom is -0.466 e. The summed E-state index contributed by atoms with van der Waals surface area (Å²) in [6.07, 6.45) is 13.5. The molecule has 1 aliphatic rings. The zero-order chi connectivity index (χ0) is 16.0. The zero-order valence-electron chi connectivity index (χ0n) is 14.1. The van der Waals surface area contributed by atoms with Crippen LogP contribution in [0.2, 0.25) is 0 Å². The molecule has 1 fully saturated rings. The van der Waals surface area contributed by atoms with E-state index in [4.69, 9.17) is 9.47 Å². The number of hydrogen-bond donors (Lipinski definition) is 0. The van der Waals surface area contributed by atoms with Gasteiger partial charge in [0.05, 0.1) is 6.61 Å². The van der Waals surface area contributed by atoms with Gasteiger partial charge in [-0.1, -0.05) is 38.5 Å². The average Bonchev–Trinajstić information content (AvgIpc) is 2.47. The molecule has 0 N–H and O–H groups in total. The summed E-state index contributed by atoms with van der Waals surface area (Å²) in [4.78, 5) is 22.7. The average molecular weight is 312 g/mol. The second-order valence-electron chi connectivity index (χ2n) is 6.31. The first kappa shape index (κ1) is 19.0. The van der Waals surface area contributed by atoms with E-state index < -0.39 is 0 Å². The molecular weight excluding hydrogens is 280 g/mol. The van der Waals surface area contributed by atoms with E-state index in [2.05, 4.69) is 0 Å². The number of esters is 2.